The Morgan fingerprint density at radius 3 is 2.42 bits per heavy atom. The number of halogens is 2. The van der Waals surface area contributed by atoms with E-state index < -0.39 is 0 Å². The topological polar surface area (TPSA) is 12.0 Å². The summed E-state index contributed by atoms with van der Waals surface area (Å²) in [6, 6.07) is 5.60. The summed E-state index contributed by atoms with van der Waals surface area (Å²) in [5.74, 6) is -0.150. The van der Waals surface area contributed by atoms with Gasteiger partial charge in [-0.2, -0.15) is 0 Å². The van der Waals surface area contributed by atoms with Gasteiger partial charge in [0.1, 0.15) is 5.82 Å². The zero-order chi connectivity index (χ0) is 13.3. The molecule has 2 saturated carbocycles. The molecular weight excluding hydrogens is 352 g/mol. The fourth-order valence-electron chi connectivity index (χ4n) is 3.83. The Balaban J connectivity index is 1.60. The predicted octanol–water partition coefficient (Wildman–Crippen LogP) is 5.35. The molecule has 0 radical (unpaired) electrons. The van der Waals surface area contributed by atoms with Crippen molar-refractivity contribution in [1.29, 1.82) is 0 Å². The van der Waals surface area contributed by atoms with Crippen LogP contribution >= 0.6 is 22.6 Å². The van der Waals surface area contributed by atoms with Crippen LogP contribution in [0, 0.1) is 14.8 Å². The van der Waals surface area contributed by atoms with Gasteiger partial charge >= 0.3 is 0 Å². The molecular formula is C16H21FIN. The van der Waals surface area contributed by atoms with E-state index in [2.05, 4.69) is 27.9 Å². The summed E-state index contributed by atoms with van der Waals surface area (Å²) < 4.78 is 14.1. The number of rotatable bonds is 2. The van der Waals surface area contributed by atoms with Crippen molar-refractivity contribution in [3.05, 3.63) is 27.6 Å². The highest BCUT2D eigenvalue weighted by Crippen LogP contribution is 2.49. The summed E-state index contributed by atoms with van der Waals surface area (Å²) in [5.41, 5.74) is 1.78. The third-order valence-corrected chi connectivity index (χ3v) is 5.89. The van der Waals surface area contributed by atoms with Crippen LogP contribution < -0.4 is 5.32 Å². The molecule has 3 rings (SSSR count). The van der Waals surface area contributed by atoms with Gasteiger partial charge in [0.2, 0.25) is 0 Å². The molecule has 0 amide bonds. The minimum absolute atomic E-state index is 0.150. The molecule has 1 spiro atoms. The lowest BCUT2D eigenvalue weighted by atomic mass is 9.71. The van der Waals surface area contributed by atoms with E-state index in [1.807, 2.05) is 6.07 Å². The molecule has 1 aromatic carbocycles. The lowest BCUT2D eigenvalue weighted by Crippen LogP contribution is -2.31. The van der Waals surface area contributed by atoms with Gasteiger partial charge in [0.25, 0.3) is 0 Å². The van der Waals surface area contributed by atoms with E-state index in [0.717, 1.165) is 9.26 Å². The summed E-state index contributed by atoms with van der Waals surface area (Å²) in [6.45, 7) is 0. The third kappa shape index (κ3) is 3.06. The average Bonchev–Trinajstić information content (AvgIpc) is 2.84. The molecule has 0 aliphatic heterocycles. The molecule has 104 valence electrons. The monoisotopic (exact) mass is 373 g/mol. The summed E-state index contributed by atoms with van der Waals surface area (Å²) in [6.07, 6.45) is 11.1. The first kappa shape index (κ1) is 13.7. The van der Waals surface area contributed by atoms with Crippen LogP contribution in [0.1, 0.15) is 51.4 Å². The lowest BCUT2D eigenvalue weighted by molar-refractivity contribution is 0.188. The Morgan fingerprint density at radius 2 is 1.79 bits per heavy atom. The van der Waals surface area contributed by atoms with Crippen molar-refractivity contribution in [2.75, 3.05) is 5.32 Å². The molecule has 2 aliphatic rings. The Kier molecular flexibility index (Phi) is 4.01. The van der Waals surface area contributed by atoms with E-state index in [1.165, 1.54) is 51.4 Å². The van der Waals surface area contributed by atoms with E-state index in [9.17, 15) is 4.39 Å². The third-order valence-electron chi connectivity index (χ3n) is 5.00. The van der Waals surface area contributed by atoms with Crippen LogP contribution in [0.25, 0.3) is 0 Å². The van der Waals surface area contributed by atoms with E-state index in [0.29, 0.717) is 11.5 Å². The summed E-state index contributed by atoms with van der Waals surface area (Å²) in [7, 11) is 0. The first-order chi connectivity index (χ1) is 9.17. The lowest BCUT2D eigenvalue weighted by Gasteiger charge is -2.38. The van der Waals surface area contributed by atoms with Crippen molar-refractivity contribution in [3.8, 4) is 0 Å². The van der Waals surface area contributed by atoms with Gasteiger partial charge < -0.3 is 5.32 Å². The van der Waals surface area contributed by atoms with E-state index in [1.54, 1.807) is 12.1 Å². The first-order valence-electron chi connectivity index (χ1n) is 7.39. The molecule has 2 fully saturated rings. The highest BCUT2D eigenvalue weighted by Gasteiger charge is 2.37. The van der Waals surface area contributed by atoms with Crippen LogP contribution in [0.15, 0.2) is 18.2 Å². The van der Waals surface area contributed by atoms with E-state index >= 15 is 0 Å². The molecule has 19 heavy (non-hydrogen) atoms. The maximum absolute atomic E-state index is 13.1. The molecule has 2 aliphatic carbocycles. The average molecular weight is 373 g/mol. The quantitative estimate of drug-likeness (QED) is 0.690. The highest BCUT2D eigenvalue weighted by atomic mass is 127. The van der Waals surface area contributed by atoms with Crippen molar-refractivity contribution in [2.45, 2.75) is 57.4 Å². The number of hydrogen-bond donors (Lipinski definition) is 1. The van der Waals surface area contributed by atoms with Gasteiger partial charge in [-0.3, -0.25) is 0 Å². The van der Waals surface area contributed by atoms with Crippen molar-refractivity contribution in [2.24, 2.45) is 5.41 Å². The number of nitrogens with one attached hydrogen (secondary N) is 1. The van der Waals surface area contributed by atoms with Crippen LogP contribution in [0.3, 0.4) is 0 Å². The molecule has 0 bridgehead atoms. The smallest absolute Gasteiger partial charge is 0.124 e. The fourth-order valence-corrected chi connectivity index (χ4v) is 4.46. The van der Waals surface area contributed by atoms with Crippen LogP contribution in [0.5, 0.6) is 0 Å². The van der Waals surface area contributed by atoms with Crippen molar-refractivity contribution >= 4 is 28.3 Å². The van der Waals surface area contributed by atoms with Crippen LogP contribution in [-0.4, -0.2) is 6.04 Å². The van der Waals surface area contributed by atoms with Crippen molar-refractivity contribution < 1.29 is 4.39 Å². The molecule has 1 N–H and O–H groups in total. The number of hydrogen-bond acceptors (Lipinski definition) is 1. The van der Waals surface area contributed by atoms with Gasteiger partial charge in [-0.1, -0.05) is 12.8 Å². The Hall–Kier alpha value is -0.320. The molecule has 3 heteroatoms. The van der Waals surface area contributed by atoms with Gasteiger partial charge in [0, 0.05) is 15.3 Å². The van der Waals surface area contributed by atoms with Crippen molar-refractivity contribution in [3.63, 3.8) is 0 Å². The predicted molar refractivity (Wildman–Crippen MR) is 85.9 cm³/mol. The maximum atomic E-state index is 13.1. The van der Waals surface area contributed by atoms with Crippen molar-refractivity contribution in [1.82, 2.24) is 0 Å². The van der Waals surface area contributed by atoms with Gasteiger partial charge in [-0.15, -0.1) is 0 Å². The van der Waals surface area contributed by atoms with Gasteiger partial charge in [0.15, 0.2) is 0 Å². The zero-order valence-corrected chi connectivity index (χ0v) is 13.4. The van der Waals surface area contributed by atoms with E-state index in [4.69, 9.17) is 0 Å². The van der Waals surface area contributed by atoms with Gasteiger partial charge in [-0.25, -0.2) is 4.39 Å². The Bertz CT molecular complexity index is 444. The second-order valence-corrected chi connectivity index (χ2v) is 7.41. The molecule has 0 unspecified atom stereocenters. The maximum Gasteiger partial charge on any atom is 0.124 e. The molecule has 0 atom stereocenters. The fraction of sp³-hybridized carbons (Fsp3) is 0.625. The zero-order valence-electron chi connectivity index (χ0n) is 11.2. The number of benzene rings is 1. The van der Waals surface area contributed by atoms with Crippen LogP contribution in [0.2, 0.25) is 0 Å². The second-order valence-electron chi connectivity index (χ2n) is 6.25. The molecule has 0 aromatic heterocycles. The molecule has 1 aromatic rings. The first-order valence-corrected chi connectivity index (χ1v) is 8.46. The normalized spacial score (nSPS) is 22.8. The SMILES string of the molecule is Fc1ccc(NC2CCC3(CCCC3)CC2)c(I)c1. The molecule has 1 nitrogen and oxygen atoms in total. The summed E-state index contributed by atoms with van der Waals surface area (Å²) in [4.78, 5) is 0. The minimum Gasteiger partial charge on any atom is -0.381 e. The molecule has 0 heterocycles. The largest absolute Gasteiger partial charge is 0.381 e. The van der Waals surface area contributed by atoms with Gasteiger partial charge in [-0.05, 0) is 84.7 Å². The number of anilines is 1. The summed E-state index contributed by atoms with van der Waals surface area (Å²) in [5, 5.41) is 3.61. The Morgan fingerprint density at radius 1 is 1.11 bits per heavy atom. The second kappa shape index (κ2) is 5.58. The minimum atomic E-state index is -0.150. The highest BCUT2D eigenvalue weighted by molar-refractivity contribution is 14.1. The van der Waals surface area contributed by atoms with Crippen LogP contribution in [-0.2, 0) is 0 Å². The Labute approximate surface area is 128 Å². The standard InChI is InChI=1S/C16H21FIN/c17-12-3-4-15(14(18)11-12)19-13-5-9-16(10-6-13)7-1-2-8-16/h3-4,11,13,19H,1-2,5-10H2. The van der Waals surface area contributed by atoms with Crippen LogP contribution in [0.4, 0.5) is 10.1 Å². The molecule has 0 saturated heterocycles. The van der Waals surface area contributed by atoms with E-state index in [-0.39, 0.29) is 5.82 Å². The van der Waals surface area contributed by atoms with Gasteiger partial charge in [0.05, 0.1) is 0 Å². The summed E-state index contributed by atoms with van der Waals surface area (Å²) >= 11 is 2.21.